The first-order valence-corrected chi connectivity index (χ1v) is 9.64. The molecule has 2 aromatic rings. The van der Waals surface area contributed by atoms with Gasteiger partial charge in [-0.3, -0.25) is 4.98 Å². The molecule has 1 fully saturated rings. The highest BCUT2D eigenvalue weighted by Crippen LogP contribution is 2.50. The second-order valence-electron chi connectivity index (χ2n) is 8.88. The van der Waals surface area contributed by atoms with E-state index in [1.54, 1.807) is 0 Å². The smallest absolute Gasteiger partial charge is 0.124 e. The third kappa shape index (κ3) is 3.08. The molecule has 0 spiro atoms. The maximum atomic E-state index is 12.1. The van der Waals surface area contributed by atoms with Gasteiger partial charge in [0.05, 0.1) is 0 Å². The fraction of sp³-hybridized carbons (Fsp3) is 0.522. The fourth-order valence-electron chi connectivity index (χ4n) is 4.32. The Balaban J connectivity index is 2.13. The SMILES string of the molecule is CC(C)c1ccc(C(O)(c2cncc(C(C)C)c2)C2(C)CN(C)C2)cc1. The molecular weight excluding hydrogens is 320 g/mol. The standard InChI is InChI=1S/C23H32N2O/c1-16(2)18-7-9-20(10-8-18)23(26,22(5)14-25(6)15-22)21-11-19(17(3)4)12-24-13-21/h7-13,16-17,26H,14-15H2,1-6H3. The van der Waals surface area contributed by atoms with E-state index in [0.717, 1.165) is 29.8 Å². The van der Waals surface area contributed by atoms with Gasteiger partial charge in [0.2, 0.25) is 0 Å². The number of likely N-dealkylation sites (tertiary alicyclic amines) is 1. The van der Waals surface area contributed by atoms with Gasteiger partial charge in [0.15, 0.2) is 0 Å². The van der Waals surface area contributed by atoms with Gasteiger partial charge < -0.3 is 10.0 Å². The maximum absolute atomic E-state index is 12.1. The number of rotatable bonds is 5. The van der Waals surface area contributed by atoms with Crippen LogP contribution in [0.25, 0.3) is 0 Å². The van der Waals surface area contributed by atoms with Crippen molar-refractivity contribution in [2.24, 2.45) is 5.41 Å². The van der Waals surface area contributed by atoms with Gasteiger partial charge in [-0.2, -0.15) is 0 Å². The molecule has 3 nitrogen and oxygen atoms in total. The van der Waals surface area contributed by atoms with Crippen LogP contribution in [-0.2, 0) is 5.60 Å². The Morgan fingerprint density at radius 3 is 2.04 bits per heavy atom. The van der Waals surface area contributed by atoms with Crippen molar-refractivity contribution in [3.8, 4) is 0 Å². The van der Waals surface area contributed by atoms with Gasteiger partial charge in [0.1, 0.15) is 5.60 Å². The lowest BCUT2D eigenvalue weighted by molar-refractivity contribution is -0.127. The molecule has 0 aliphatic carbocycles. The van der Waals surface area contributed by atoms with Gasteiger partial charge in [-0.15, -0.1) is 0 Å². The van der Waals surface area contributed by atoms with Gasteiger partial charge >= 0.3 is 0 Å². The summed E-state index contributed by atoms with van der Waals surface area (Å²) in [5, 5.41) is 12.1. The van der Waals surface area contributed by atoms with Crippen molar-refractivity contribution in [2.75, 3.05) is 20.1 Å². The normalized spacial score (nSPS) is 19.4. The zero-order chi connectivity index (χ0) is 19.1. The van der Waals surface area contributed by atoms with Gasteiger partial charge in [-0.1, -0.05) is 58.9 Å². The molecule has 1 aromatic carbocycles. The van der Waals surface area contributed by atoms with E-state index < -0.39 is 5.60 Å². The molecule has 1 aromatic heterocycles. The van der Waals surface area contributed by atoms with Crippen LogP contribution >= 0.6 is 0 Å². The quantitative estimate of drug-likeness (QED) is 0.860. The first-order chi connectivity index (χ1) is 12.2. The largest absolute Gasteiger partial charge is 0.380 e. The minimum Gasteiger partial charge on any atom is -0.380 e. The molecule has 1 saturated heterocycles. The summed E-state index contributed by atoms with van der Waals surface area (Å²) in [7, 11) is 2.10. The molecule has 2 heterocycles. The van der Waals surface area contributed by atoms with Crippen LogP contribution < -0.4 is 0 Å². The van der Waals surface area contributed by atoms with E-state index in [4.69, 9.17) is 0 Å². The molecule has 1 aliphatic rings. The lowest BCUT2D eigenvalue weighted by Gasteiger charge is -2.56. The summed E-state index contributed by atoms with van der Waals surface area (Å²) in [6.07, 6.45) is 3.75. The van der Waals surface area contributed by atoms with E-state index in [1.807, 2.05) is 12.4 Å². The average molecular weight is 353 g/mol. The molecule has 1 aliphatic heterocycles. The summed E-state index contributed by atoms with van der Waals surface area (Å²) in [5.74, 6) is 0.861. The van der Waals surface area contributed by atoms with Crippen LogP contribution in [0, 0.1) is 5.41 Å². The third-order valence-electron chi connectivity index (χ3n) is 5.95. The third-order valence-corrected chi connectivity index (χ3v) is 5.95. The van der Waals surface area contributed by atoms with Crippen LogP contribution in [0.4, 0.5) is 0 Å². The van der Waals surface area contributed by atoms with Crippen LogP contribution in [-0.4, -0.2) is 35.1 Å². The second kappa shape index (κ2) is 6.79. The number of hydrogen-bond acceptors (Lipinski definition) is 3. The second-order valence-corrected chi connectivity index (χ2v) is 8.88. The minimum atomic E-state index is -1.05. The summed E-state index contributed by atoms with van der Waals surface area (Å²) in [6, 6.07) is 10.6. The molecule has 1 N–H and O–H groups in total. The van der Waals surface area contributed by atoms with Crippen molar-refractivity contribution in [1.82, 2.24) is 9.88 Å². The first-order valence-electron chi connectivity index (χ1n) is 9.64. The molecule has 0 amide bonds. The Labute approximate surface area is 158 Å². The molecule has 140 valence electrons. The lowest BCUT2D eigenvalue weighted by atomic mass is 9.62. The van der Waals surface area contributed by atoms with Crippen LogP contribution in [0.2, 0.25) is 0 Å². The van der Waals surface area contributed by atoms with Crippen molar-refractivity contribution >= 4 is 0 Å². The summed E-state index contributed by atoms with van der Waals surface area (Å²) in [5.41, 5.74) is 3.03. The predicted molar refractivity (Wildman–Crippen MR) is 107 cm³/mol. The topological polar surface area (TPSA) is 36.4 Å². The van der Waals surface area contributed by atoms with Gasteiger partial charge in [-0.25, -0.2) is 0 Å². The summed E-state index contributed by atoms with van der Waals surface area (Å²) in [6.45, 7) is 12.6. The van der Waals surface area contributed by atoms with Crippen LogP contribution in [0.3, 0.4) is 0 Å². The highest BCUT2D eigenvalue weighted by molar-refractivity contribution is 5.42. The van der Waals surface area contributed by atoms with Crippen molar-refractivity contribution < 1.29 is 5.11 Å². The molecule has 3 rings (SSSR count). The molecule has 1 unspecified atom stereocenters. The maximum Gasteiger partial charge on any atom is 0.124 e. The number of pyridine rings is 1. The van der Waals surface area contributed by atoms with Crippen LogP contribution in [0.5, 0.6) is 0 Å². The van der Waals surface area contributed by atoms with Gasteiger partial charge in [0.25, 0.3) is 0 Å². The Kier molecular flexibility index (Phi) is 4.98. The van der Waals surface area contributed by atoms with Crippen molar-refractivity contribution in [1.29, 1.82) is 0 Å². The Morgan fingerprint density at radius 2 is 1.54 bits per heavy atom. The predicted octanol–water partition coefficient (Wildman–Crippen LogP) is 4.52. The number of nitrogens with zero attached hydrogens (tertiary/aromatic N) is 2. The van der Waals surface area contributed by atoms with Crippen molar-refractivity contribution in [2.45, 2.75) is 52.1 Å². The summed E-state index contributed by atoms with van der Waals surface area (Å²) < 4.78 is 0. The lowest BCUT2D eigenvalue weighted by Crippen LogP contribution is -2.63. The molecule has 0 bridgehead atoms. The number of aliphatic hydroxyl groups is 1. The van der Waals surface area contributed by atoms with E-state index in [0.29, 0.717) is 11.8 Å². The van der Waals surface area contributed by atoms with Crippen LogP contribution in [0.15, 0.2) is 42.7 Å². The number of aromatic nitrogens is 1. The summed E-state index contributed by atoms with van der Waals surface area (Å²) in [4.78, 5) is 6.72. The molecule has 26 heavy (non-hydrogen) atoms. The van der Waals surface area contributed by atoms with E-state index in [9.17, 15) is 5.11 Å². The highest BCUT2D eigenvalue weighted by Gasteiger charge is 2.55. The fourth-order valence-corrected chi connectivity index (χ4v) is 4.32. The molecule has 0 saturated carbocycles. The summed E-state index contributed by atoms with van der Waals surface area (Å²) >= 11 is 0. The Morgan fingerprint density at radius 1 is 0.962 bits per heavy atom. The highest BCUT2D eigenvalue weighted by atomic mass is 16.3. The number of benzene rings is 1. The molecule has 3 heteroatoms. The van der Waals surface area contributed by atoms with Gasteiger partial charge in [-0.05, 0) is 41.6 Å². The minimum absolute atomic E-state index is 0.238. The Bertz CT molecular complexity index is 760. The average Bonchev–Trinajstić information content (AvgIpc) is 2.59. The van der Waals surface area contributed by atoms with Crippen LogP contribution in [0.1, 0.15) is 68.7 Å². The number of hydrogen-bond donors (Lipinski definition) is 1. The Hall–Kier alpha value is -1.71. The zero-order valence-electron chi connectivity index (χ0n) is 17.0. The molecular formula is C23H32N2O. The van der Waals surface area contributed by atoms with Gasteiger partial charge in [0, 0.05) is 36.5 Å². The molecule has 1 atom stereocenters. The van der Waals surface area contributed by atoms with Crippen molar-refractivity contribution in [3.63, 3.8) is 0 Å². The monoisotopic (exact) mass is 352 g/mol. The van der Waals surface area contributed by atoms with E-state index >= 15 is 0 Å². The van der Waals surface area contributed by atoms with E-state index in [2.05, 4.69) is 81.9 Å². The van der Waals surface area contributed by atoms with E-state index in [1.165, 1.54) is 5.56 Å². The molecule has 0 radical (unpaired) electrons. The zero-order valence-corrected chi connectivity index (χ0v) is 17.0. The first kappa shape index (κ1) is 19.1. The van der Waals surface area contributed by atoms with E-state index in [-0.39, 0.29) is 5.41 Å². The van der Waals surface area contributed by atoms with Crippen molar-refractivity contribution in [3.05, 3.63) is 65.0 Å².